The molecule has 1 aliphatic heterocycles. The van der Waals surface area contributed by atoms with Crippen molar-refractivity contribution in [3.8, 4) is 5.88 Å². The SMILES string of the molecule is CC(C)COc1nc(N2CCCCC2)ccc1N. The molecule has 0 atom stereocenters. The van der Waals surface area contributed by atoms with Crippen LogP contribution in [0.3, 0.4) is 0 Å². The second-order valence-electron chi connectivity index (χ2n) is 5.32. The van der Waals surface area contributed by atoms with E-state index in [9.17, 15) is 0 Å². The number of nitrogens with two attached hydrogens (primary N) is 1. The summed E-state index contributed by atoms with van der Waals surface area (Å²) in [6, 6.07) is 3.88. The summed E-state index contributed by atoms with van der Waals surface area (Å²) >= 11 is 0. The molecule has 4 nitrogen and oxygen atoms in total. The van der Waals surface area contributed by atoms with Crippen molar-refractivity contribution < 1.29 is 4.74 Å². The quantitative estimate of drug-likeness (QED) is 0.891. The highest BCUT2D eigenvalue weighted by molar-refractivity contribution is 5.54. The first-order chi connectivity index (χ1) is 8.66. The minimum absolute atomic E-state index is 0.477. The summed E-state index contributed by atoms with van der Waals surface area (Å²) in [4.78, 5) is 6.86. The van der Waals surface area contributed by atoms with E-state index in [4.69, 9.17) is 10.5 Å². The molecule has 1 fully saturated rings. The summed E-state index contributed by atoms with van der Waals surface area (Å²) in [5.41, 5.74) is 6.52. The topological polar surface area (TPSA) is 51.4 Å². The van der Waals surface area contributed by atoms with E-state index in [1.54, 1.807) is 0 Å². The molecule has 0 aromatic carbocycles. The third-order valence-electron chi connectivity index (χ3n) is 3.11. The van der Waals surface area contributed by atoms with Crippen LogP contribution in [0, 0.1) is 5.92 Å². The molecule has 4 heteroatoms. The van der Waals surface area contributed by atoms with Gasteiger partial charge >= 0.3 is 0 Å². The number of rotatable bonds is 4. The molecule has 0 unspecified atom stereocenters. The average molecular weight is 249 g/mol. The van der Waals surface area contributed by atoms with E-state index in [1.807, 2.05) is 12.1 Å². The van der Waals surface area contributed by atoms with Crippen LogP contribution in [0.1, 0.15) is 33.1 Å². The summed E-state index contributed by atoms with van der Waals surface area (Å²) in [6.45, 7) is 7.05. The number of hydrogen-bond acceptors (Lipinski definition) is 4. The molecule has 1 saturated heterocycles. The van der Waals surface area contributed by atoms with Gasteiger partial charge < -0.3 is 15.4 Å². The maximum atomic E-state index is 5.90. The van der Waals surface area contributed by atoms with Crippen LogP contribution < -0.4 is 15.4 Å². The molecule has 1 aromatic heterocycles. The number of aromatic nitrogens is 1. The van der Waals surface area contributed by atoms with Crippen LogP contribution in [-0.4, -0.2) is 24.7 Å². The summed E-state index contributed by atoms with van der Waals surface area (Å²) in [6.07, 6.45) is 3.81. The minimum Gasteiger partial charge on any atom is -0.476 e. The predicted octanol–water partition coefficient (Wildman–Crippen LogP) is 2.69. The second-order valence-corrected chi connectivity index (χ2v) is 5.32. The van der Waals surface area contributed by atoms with Crippen LogP contribution in [0.4, 0.5) is 11.5 Å². The number of pyridine rings is 1. The van der Waals surface area contributed by atoms with Crippen LogP contribution in [0.15, 0.2) is 12.1 Å². The summed E-state index contributed by atoms with van der Waals surface area (Å²) in [7, 11) is 0. The Kier molecular flexibility index (Phi) is 4.28. The third-order valence-corrected chi connectivity index (χ3v) is 3.11. The molecule has 2 rings (SSSR count). The minimum atomic E-state index is 0.477. The fourth-order valence-corrected chi connectivity index (χ4v) is 2.10. The normalized spacial score (nSPS) is 16.1. The fraction of sp³-hybridized carbons (Fsp3) is 0.643. The zero-order valence-electron chi connectivity index (χ0n) is 11.4. The van der Waals surface area contributed by atoms with Gasteiger partial charge in [0, 0.05) is 13.1 Å². The number of nitrogen functional groups attached to an aromatic ring is 1. The van der Waals surface area contributed by atoms with Gasteiger partial charge in [0.15, 0.2) is 0 Å². The number of hydrogen-bond donors (Lipinski definition) is 1. The standard InChI is InChI=1S/C14H23N3O/c1-11(2)10-18-14-12(15)6-7-13(16-14)17-8-4-3-5-9-17/h6-7,11H,3-5,8-10,15H2,1-2H3. The first kappa shape index (κ1) is 13.0. The van der Waals surface area contributed by atoms with Gasteiger partial charge in [0.1, 0.15) is 5.82 Å². The van der Waals surface area contributed by atoms with Gasteiger partial charge in [-0.25, -0.2) is 0 Å². The van der Waals surface area contributed by atoms with Gasteiger partial charge in [0.05, 0.1) is 12.3 Å². The molecule has 0 spiro atoms. The number of nitrogens with zero attached hydrogens (tertiary/aromatic N) is 2. The number of anilines is 2. The molecule has 1 aromatic rings. The Hall–Kier alpha value is -1.45. The van der Waals surface area contributed by atoms with Crippen molar-refractivity contribution in [2.24, 2.45) is 5.92 Å². The van der Waals surface area contributed by atoms with Gasteiger partial charge in [-0.2, -0.15) is 4.98 Å². The molecule has 0 aliphatic carbocycles. The van der Waals surface area contributed by atoms with Gasteiger partial charge in [-0.1, -0.05) is 13.8 Å². The van der Waals surface area contributed by atoms with Crippen LogP contribution in [-0.2, 0) is 0 Å². The molecular weight excluding hydrogens is 226 g/mol. The molecule has 1 aliphatic rings. The molecule has 0 amide bonds. The average Bonchev–Trinajstić information content (AvgIpc) is 2.38. The molecule has 0 saturated carbocycles. The third kappa shape index (κ3) is 3.28. The van der Waals surface area contributed by atoms with E-state index in [0.29, 0.717) is 24.1 Å². The zero-order chi connectivity index (χ0) is 13.0. The van der Waals surface area contributed by atoms with Crippen molar-refractivity contribution in [1.29, 1.82) is 0 Å². The molecule has 2 heterocycles. The predicted molar refractivity (Wildman–Crippen MR) is 75.0 cm³/mol. The summed E-state index contributed by atoms with van der Waals surface area (Å²) in [5.74, 6) is 2.04. The lowest BCUT2D eigenvalue weighted by Gasteiger charge is -2.28. The molecule has 2 N–H and O–H groups in total. The molecule has 0 radical (unpaired) electrons. The van der Waals surface area contributed by atoms with E-state index in [1.165, 1.54) is 19.3 Å². The summed E-state index contributed by atoms with van der Waals surface area (Å²) < 4.78 is 5.67. The fourth-order valence-electron chi connectivity index (χ4n) is 2.10. The monoisotopic (exact) mass is 249 g/mol. The maximum absolute atomic E-state index is 5.90. The van der Waals surface area contributed by atoms with E-state index in [0.717, 1.165) is 18.9 Å². The maximum Gasteiger partial charge on any atom is 0.239 e. The van der Waals surface area contributed by atoms with Crippen molar-refractivity contribution >= 4 is 11.5 Å². The first-order valence-corrected chi connectivity index (χ1v) is 6.81. The van der Waals surface area contributed by atoms with E-state index >= 15 is 0 Å². The lowest BCUT2D eigenvalue weighted by atomic mass is 10.1. The molecule has 0 bridgehead atoms. The molecular formula is C14H23N3O. The largest absolute Gasteiger partial charge is 0.476 e. The Labute approximate surface area is 109 Å². The van der Waals surface area contributed by atoms with Crippen molar-refractivity contribution in [2.45, 2.75) is 33.1 Å². The Bertz CT molecular complexity index is 387. The Morgan fingerprint density at radius 3 is 2.67 bits per heavy atom. The van der Waals surface area contributed by atoms with Crippen molar-refractivity contribution in [1.82, 2.24) is 4.98 Å². The number of piperidine rings is 1. The van der Waals surface area contributed by atoms with Crippen molar-refractivity contribution in [3.05, 3.63) is 12.1 Å². The Morgan fingerprint density at radius 1 is 1.28 bits per heavy atom. The van der Waals surface area contributed by atoms with Gasteiger partial charge in [-0.05, 0) is 37.3 Å². The zero-order valence-corrected chi connectivity index (χ0v) is 11.4. The van der Waals surface area contributed by atoms with Crippen LogP contribution in [0.5, 0.6) is 5.88 Å². The van der Waals surface area contributed by atoms with E-state index in [2.05, 4.69) is 23.7 Å². The van der Waals surface area contributed by atoms with E-state index in [-0.39, 0.29) is 0 Å². The van der Waals surface area contributed by atoms with Gasteiger partial charge in [0.2, 0.25) is 5.88 Å². The van der Waals surface area contributed by atoms with Gasteiger partial charge in [-0.15, -0.1) is 0 Å². The van der Waals surface area contributed by atoms with Gasteiger partial charge in [0.25, 0.3) is 0 Å². The lowest BCUT2D eigenvalue weighted by Crippen LogP contribution is -2.30. The van der Waals surface area contributed by atoms with Gasteiger partial charge in [-0.3, -0.25) is 0 Å². The molecule has 100 valence electrons. The van der Waals surface area contributed by atoms with Crippen LogP contribution in [0.2, 0.25) is 0 Å². The highest BCUT2D eigenvalue weighted by Crippen LogP contribution is 2.25. The van der Waals surface area contributed by atoms with Crippen molar-refractivity contribution in [2.75, 3.05) is 30.3 Å². The molecule has 18 heavy (non-hydrogen) atoms. The lowest BCUT2D eigenvalue weighted by molar-refractivity contribution is 0.263. The van der Waals surface area contributed by atoms with E-state index < -0.39 is 0 Å². The highest BCUT2D eigenvalue weighted by atomic mass is 16.5. The van der Waals surface area contributed by atoms with Crippen molar-refractivity contribution in [3.63, 3.8) is 0 Å². The van der Waals surface area contributed by atoms with Crippen LogP contribution in [0.25, 0.3) is 0 Å². The highest BCUT2D eigenvalue weighted by Gasteiger charge is 2.14. The second kappa shape index (κ2) is 5.94. The van der Waals surface area contributed by atoms with Crippen LogP contribution >= 0.6 is 0 Å². The summed E-state index contributed by atoms with van der Waals surface area (Å²) in [5, 5.41) is 0. The Balaban J connectivity index is 2.09. The Morgan fingerprint density at radius 2 is 2.00 bits per heavy atom. The number of ether oxygens (including phenoxy) is 1. The first-order valence-electron chi connectivity index (χ1n) is 6.81. The smallest absolute Gasteiger partial charge is 0.239 e.